The maximum atomic E-state index is 11.2. The molecule has 1 N–H and O–H groups in total. The van der Waals surface area contributed by atoms with Gasteiger partial charge in [0.25, 0.3) is 0 Å². The highest BCUT2D eigenvalue weighted by Gasteiger charge is 2.17. The zero-order valence-corrected chi connectivity index (χ0v) is 16.4. The summed E-state index contributed by atoms with van der Waals surface area (Å²) in [6.45, 7) is 6.32. The normalized spacial score (nSPS) is 16.5. The maximum absolute atomic E-state index is 11.2. The number of aliphatic hydroxyl groups is 1. The van der Waals surface area contributed by atoms with Crippen molar-refractivity contribution in [1.29, 1.82) is 0 Å². The summed E-state index contributed by atoms with van der Waals surface area (Å²) >= 11 is 0. The van der Waals surface area contributed by atoms with E-state index in [9.17, 15) is 4.79 Å². The average Bonchev–Trinajstić information content (AvgIpc) is 2.70. The van der Waals surface area contributed by atoms with Gasteiger partial charge in [-0.1, -0.05) is 44.6 Å². The molecule has 2 rings (SSSR count). The van der Waals surface area contributed by atoms with Crippen molar-refractivity contribution in [3.8, 4) is 5.75 Å². The lowest BCUT2D eigenvalue weighted by atomic mass is 9.84. The second kappa shape index (κ2) is 11.6. The quantitative estimate of drug-likeness (QED) is 0.347. The number of hydrogen-bond donors (Lipinski definition) is 1. The van der Waals surface area contributed by atoms with Gasteiger partial charge in [-0.2, -0.15) is 0 Å². The SMILES string of the molecule is C=CC(=O)OCCOc1cc(CCCO)ccc1C1=CCC(CCC)CC1. The van der Waals surface area contributed by atoms with E-state index in [1.165, 1.54) is 24.8 Å². The fourth-order valence-corrected chi connectivity index (χ4v) is 3.55. The van der Waals surface area contributed by atoms with Crippen LogP contribution in [0.2, 0.25) is 0 Å². The van der Waals surface area contributed by atoms with E-state index >= 15 is 0 Å². The molecule has 0 radical (unpaired) electrons. The van der Waals surface area contributed by atoms with Gasteiger partial charge in [-0.25, -0.2) is 4.79 Å². The number of carbonyl (C=O) groups excluding carboxylic acids is 1. The van der Waals surface area contributed by atoms with Crippen molar-refractivity contribution in [2.45, 2.75) is 51.9 Å². The van der Waals surface area contributed by atoms with Crippen molar-refractivity contribution >= 4 is 11.5 Å². The molecule has 0 aliphatic heterocycles. The molecular weight excluding hydrogens is 340 g/mol. The number of aryl methyl sites for hydroxylation is 1. The van der Waals surface area contributed by atoms with Gasteiger partial charge in [0.2, 0.25) is 0 Å². The molecule has 4 heteroatoms. The van der Waals surface area contributed by atoms with Crippen molar-refractivity contribution in [3.63, 3.8) is 0 Å². The largest absolute Gasteiger partial charge is 0.489 e. The Kier molecular flexibility index (Phi) is 9.12. The average molecular weight is 373 g/mol. The molecule has 0 aromatic heterocycles. The summed E-state index contributed by atoms with van der Waals surface area (Å²) < 4.78 is 11.0. The minimum atomic E-state index is -0.438. The first-order valence-electron chi connectivity index (χ1n) is 10.0. The van der Waals surface area contributed by atoms with Crippen LogP contribution in [0.5, 0.6) is 5.75 Å². The van der Waals surface area contributed by atoms with E-state index in [1.54, 1.807) is 0 Å². The molecule has 0 saturated carbocycles. The summed E-state index contributed by atoms with van der Waals surface area (Å²) in [5.41, 5.74) is 3.62. The Morgan fingerprint density at radius 2 is 2.22 bits per heavy atom. The lowest BCUT2D eigenvalue weighted by molar-refractivity contribution is -0.138. The van der Waals surface area contributed by atoms with E-state index in [0.29, 0.717) is 6.61 Å². The molecule has 0 saturated heterocycles. The van der Waals surface area contributed by atoms with Crippen LogP contribution in [-0.4, -0.2) is 30.9 Å². The van der Waals surface area contributed by atoms with Crippen molar-refractivity contribution in [2.24, 2.45) is 5.92 Å². The fourth-order valence-electron chi connectivity index (χ4n) is 3.55. The Morgan fingerprint density at radius 1 is 1.37 bits per heavy atom. The highest BCUT2D eigenvalue weighted by atomic mass is 16.6. The van der Waals surface area contributed by atoms with Crippen LogP contribution in [0.3, 0.4) is 0 Å². The fraction of sp³-hybridized carbons (Fsp3) is 0.522. The minimum Gasteiger partial charge on any atom is -0.489 e. The zero-order valence-electron chi connectivity index (χ0n) is 16.4. The van der Waals surface area contributed by atoms with Crippen LogP contribution in [0, 0.1) is 5.92 Å². The van der Waals surface area contributed by atoms with E-state index in [1.807, 2.05) is 0 Å². The summed E-state index contributed by atoms with van der Waals surface area (Å²) in [7, 11) is 0. The van der Waals surface area contributed by atoms with Crippen LogP contribution in [0.1, 0.15) is 56.6 Å². The van der Waals surface area contributed by atoms with Crippen LogP contribution in [0.15, 0.2) is 36.9 Å². The van der Waals surface area contributed by atoms with Crippen LogP contribution >= 0.6 is 0 Å². The van der Waals surface area contributed by atoms with Gasteiger partial charge in [-0.15, -0.1) is 0 Å². The molecule has 0 heterocycles. The van der Waals surface area contributed by atoms with E-state index in [0.717, 1.165) is 54.6 Å². The molecule has 148 valence electrons. The molecule has 1 aliphatic carbocycles. The van der Waals surface area contributed by atoms with Gasteiger partial charge in [-0.3, -0.25) is 0 Å². The molecule has 27 heavy (non-hydrogen) atoms. The number of rotatable bonds is 11. The van der Waals surface area contributed by atoms with Gasteiger partial charge in [-0.05, 0) is 55.2 Å². The molecule has 1 aliphatic rings. The first kappa shape index (κ1) is 21.2. The number of benzene rings is 1. The molecular formula is C23H32O4. The summed E-state index contributed by atoms with van der Waals surface area (Å²) in [6.07, 6.45) is 11.0. The van der Waals surface area contributed by atoms with Crippen LogP contribution in [0.4, 0.5) is 0 Å². The summed E-state index contributed by atoms with van der Waals surface area (Å²) in [5, 5.41) is 9.08. The third-order valence-electron chi connectivity index (χ3n) is 4.98. The van der Waals surface area contributed by atoms with E-state index in [-0.39, 0.29) is 13.2 Å². The van der Waals surface area contributed by atoms with Crippen molar-refractivity contribution in [1.82, 2.24) is 0 Å². The number of ether oxygens (including phenoxy) is 2. The van der Waals surface area contributed by atoms with Crippen molar-refractivity contribution in [2.75, 3.05) is 19.8 Å². The molecule has 4 nitrogen and oxygen atoms in total. The third-order valence-corrected chi connectivity index (χ3v) is 4.98. The number of aliphatic hydroxyl groups excluding tert-OH is 1. The Morgan fingerprint density at radius 3 is 2.89 bits per heavy atom. The monoisotopic (exact) mass is 372 g/mol. The van der Waals surface area contributed by atoms with Gasteiger partial charge in [0.05, 0.1) is 0 Å². The summed E-state index contributed by atoms with van der Waals surface area (Å²) in [5.74, 6) is 1.19. The Hall–Kier alpha value is -2.07. The van der Waals surface area contributed by atoms with Crippen molar-refractivity contribution < 1.29 is 19.4 Å². The molecule has 1 unspecified atom stereocenters. The lowest BCUT2D eigenvalue weighted by Crippen LogP contribution is -2.12. The molecule has 1 aromatic rings. The highest BCUT2D eigenvalue weighted by Crippen LogP contribution is 2.37. The number of allylic oxidation sites excluding steroid dienone is 2. The van der Waals surface area contributed by atoms with Crippen molar-refractivity contribution in [3.05, 3.63) is 48.1 Å². The predicted octanol–water partition coefficient (Wildman–Crippen LogP) is 4.70. The van der Waals surface area contributed by atoms with Gasteiger partial charge >= 0.3 is 5.97 Å². The Labute approximate surface area is 162 Å². The standard InChI is InChI=1S/C23H32O4/c1-3-6-18-8-11-20(12-9-18)21-13-10-19(7-5-14-24)17-22(21)26-15-16-27-23(25)4-2/h4,10-11,13,17-18,24H,2-3,5-9,12,14-16H2,1H3. The first-order valence-corrected chi connectivity index (χ1v) is 10.0. The molecule has 1 atom stereocenters. The number of esters is 1. The molecule has 0 fully saturated rings. The van der Waals surface area contributed by atoms with Gasteiger partial charge in [0, 0.05) is 18.2 Å². The Bertz CT molecular complexity index is 648. The number of hydrogen-bond acceptors (Lipinski definition) is 4. The Balaban J connectivity index is 2.09. The van der Waals surface area contributed by atoms with Gasteiger partial charge < -0.3 is 14.6 Å². The van der Waals surface area contributed by atoms with Crippen LogP contribution in [-0.2, 0) is 16.0 Å². The topological polar surface area (TPSA) is 55.8 Å². The second-order valence-electron chi connectivity index (χ2n) is 7.04. The molecule has 0 bridgehead atoms. The van der Waals surface area contributed by atoms with Crippen LogP contribution in [0.25, 0.3) is 5.57 Å². The second-order valence-corrected chi connectivity index (χ2v) is 7.04. The summed E-state index contributed by atoms with van der Waals surface area (Å²) in [4.78, 5) is 11.2. The van der Waals surface area contributed by atoms with E-state index in [2.05, 4.69) is 37.8 Å². The van der Waals surface area contributed by atoms with Crippen LogP contribution < -0.4 is 4.74 Å². The van der Waals surface area contributed by atoms with E-state index in [4.69, 9.17) is 14.6 Å². The summed E-state index contributed by atoms with van der Waals surface area (Å²) in [6, 6.07) is 6.30. The molecule has 0 spiro atoms. The zero-order chi connectivity index (χ0) is 19.5. The molecule has 1 aromatic carbocycles. The molecule has 0 amide bonds. The highest BCUT2D eigenvalue weighted by molar-refractivity contribution is 5.81. The first-order chi connectivity index (χ1) is 13.2. The third kappa shape index (κ3) is 6.87. The lowest BCUT2D eigenvalue weighted by Gasteiger charge is -2.23. The number of carbonyl (C=O) groups is 1. The predicted molar refractivity (Wildman–Crippen MR) is 109 cm³/mol. The maximum Gasteiger partial charge on any atom is 0.330 e. The van der Waals surface area contributed by atoms with E-state index < -0.39 is 5.97 Å². The van der Waals surface area contributed by atoms with Gasteiger partial charge in [0.1, 0.15) is 19.0 Å². The minimum absolute atomic E-state index is 0.180. The smallest absolute Gasteiger partial charge is 0.330 e. The van der Waals surface area contributed by atoms with Gasteiger partial charge in [0.15, 0.2) is 0 Å².